The molecule has 0 aromatic carbocycles. The number of hydrogen-bond acceptors (Lipinski definition) is 5. The maximum Gasteiger partial charge on any atom is 0.322 e. The van der Waals surface area contributed by atoms with Gasteiger partial charge in [-0.15, -0.1) is 11.3 Å². The Bertz CT molecular complexity index is 693. The molecule has 1 saturated carbocycles. The lowest BCUT2D eigenvalue weighted by Gasteiger charge is -2.32. The molecule has 1 aliphatic carbocycles. The van der Waals surface area contributed by atoms with Crippen LogP contribution in [0.1, 0.15) is 41.2 Å². The number of morpholine rings is 1. The quantitative estimate of drug-likeness (QED) is 0.933. The molecular formula is C16H19N3O3S. The lowest BCUT2D eigenvalue weighted by molar-refractivity contribution is -0.0116. The number of anilines is 1. The van der Waals surface area contributed by atoms with E-state index in [1.807, 2.05) is 24.4 Å². The highest BCUT2D eigenvalue weighted by Gasteiger charge is 2.33. The fourth-order valence-corrected chi connectivity index (χ4v) is 3.60. The van der Waals surface area contributed by atoms with E-state index >= 15 is 0 Å². The average molecular weight is 333 g/mol. The van der Waals surface area contributed by atoms with Crippen LogP contribution in [0.25, 0.3) is 0 Å². The number of rotatable bonds is 3. The van der Waals surface area contributed by atoms with Crippen LogP contribution >= 0.6 is 11.3 Å². The van der Waals surface area contributed by atoms with Crippen LogP contribution in [0.4, 0.5) is 10.5 Å². The fourth-order valence-electron chi connectivity index (χ4n) is 2.83. The second-order valence-corrected chi connectivity index (χ2v) is 7.01. The summed E-state index contributed by atoms with van der Waals surface area (Å²) >= 11 is 1.66. The molecule has 0 bridgehead atoms. The molecule has 1 N–H and O–H groups in total. The molecule has 2 aromatic rings. The van der Waals surface area contributed by atoms with Gasteiger partial charge in [0.15, 0.2) is 5.76 Å². The third-order valence-electron chi connectivity index (χ3n) is 4.28. The number of nitrogens with one attached hydrogen (secondary N) is 1. The van der Waals surface area contributed by atoms with E-state index in [4.69, 9.17) is 9.26 Å². The first kappa shape index (κ1) is 14.7. The topological polar surface area (TPSA) is 67.6 Å². The largest absolute Gasteiger partial charge is 0.369 e. The lowest BCUT2D eigenvalue weighted by atomic mass is 10.2. The Morgan fingerprint density at radius 2 is 2.35 bits per heavy atom. The molecule has 2 fully saturated rings. The first-order valence-corrected chi connectivity index (χ1v) is 8.77. The van der Waals surface area contributed by atoms with Crippen LogP contribution in [0, 0.1) is 6.92 Å². The van der Waals surface area contributed by atoms with Gasteiger partial charge in [-0.1, -0.05) is 11.2 Å². The smallest absolute Gasteiger partial charge is 0.322 e. The standard InChI is InChI=1S/C16H19N3O3S/c1-10-14(15(22-18-10)11-4-5-11)17-16(20)19-6-7-21-12(9-19)13-3-2-8-23-13/h2-3,8,11-12H,4-7,9H2,1H3,(H,17,20)/t12-/m0/s1. The molecule has 1 aliphatic heterocycles. The van der Waals surface area contributed by atoms with Crippen molar-refractivity contribution in [3.05, 3.63) is 33.8 Å². The van der Waals surface area contributed by atoms with E-state index in [9.17, 15) is 4.79 Å². The first-order valence-electron chi connectivity index (χ1n) is 7.89. The van der Waals surface area contributed by atoms with E-state index in [1.54, 1.807) is 16.2 Å². The van der Waals surface area contributed by atoms with Gasteiger partial charge in [0, 0.05) is 17.3 Å². The van der Waals surface area contributed by atoms with E-state index in [0.29, 0.717) is 25.6 Å². The van der Waals surface area contributed by atoms with Crippen molar-refractivity contribution in [3.8, 4) is 0 Å². The fraction of sp³-hybridized carbons (Fsp3) is 0.500. The number of ether oxygens (including phenoxy) is 1. The molecule has 4 rings (SSSR count). The zero-order chi connectivity index (χ0) is 15.8. The molecule has 3 heterocycles. The molecule has 23 heavy (non-hydrogen) atoms. The van der Waals surface area contributed by atoms with Gasteiger partial charge in [-0.2, -0.15) is 0 Å². The van der Waals surface area contributed by atoms with Gasteiger partial charge < -0.3 is 19.5 Å². The van der Waals surface area contributed by atoms with Gasteiger partial charge in [-0.25, -0.2) is 4.79 Å². The minimum absolute atomic E-state index is 0.0408. The number of carbonyl (C=O) groups excluding carboxylic acids is 1. The summed E-state index contributed by atoms with van der Waals surface area (Å²) < 4.78 is 11.2. The Balaban J connectivity index is 1.45. The van der Waals surface area contributed by atoms with E-state index in [-0.39, 0.29) is 12.1 Å². The van der Waals surface area contributed by atoms with Crippen molar-refractivity contribution in [2.45, 2.75) is 31.8 Å². The number of hydrogen-bond donors (Lipinski definition) is 1. The minimum Gasteiger partial charge on any atom is -0.369 e. The van der Waals surface area contributed by atoms with Crippen LogP contribution in [0.15, 0.2) is 22.0 Å². The number of thiophene rings is 1. The van der Waals surface area contributed by atoms with Gasteiger partial charge in [0.1, 0.15) is 17.5 Å². The van der Waals surface area contributed by atoms with E-state index in [2.05, 4.69) is 10.5 Å². The summed E-state index contributed by atoms with van der Waals surface area (Å²) in [7, 11) is 0. The molecule has 122 valence electrons. The first-order chi connectivity index (χ1) is 11.2. The Kier molecular flexibility index (Phi) is 3.82. The Morgan fingerprint density at radius 3 is 3.09 bits per heavy atom. The van der Waals surface area contributed by atoms with Gasteiger partial charge in [0.05, 0.1) is 13.2 Å². The Hall–Kier alpha value is -1.86. The molecule has 1 atom stereocenters. The predicted octanol–water partition coefficient (Wildman–Crippen LogP) is 3.53. The highest BCUT2D eigenvalue weighted by molar-refractivity contribution is 7.10. The summed E-state index contributed by atoms with van der Waals surface area (Å²) in [6.07, 6.45) is 2.17. The second-order valence-electron chi connectivity index (χ2n) is 6.03. The minimum atomic E-state index is -0.108. The van der Waals surface area contributed by atoms with Crippen molar-refractivity contribution in [3.63, 3.8) is 0 Å². The molecule has 2 aromatic heterocycles. The van der Waals surface area contributed by atoms with Crippen LogP contribution < -0.4 is 5.32 Å². The van der Waals surface area contributed by atoms with Crippen LogP contribution in [0.3, 0.4) is 0 Å². The molecule has 6 nitrogen and oxygen atoms in total. The van der Waals surface area contributed by atoms with Crippen molar-refractivity contribution in [2.75, 3.05) is 25.0 Å². The zero-order valence-corrected chi connectivity index (χ0v) is 13.8. The van der Waals surface area contributed by atoms with Crippen LogP contribution in [0.2, 0.25) is 0 Å². The van der Waals surface area contributed by atoms with Gasteiger partial charge in [-0.3, -0.25) is 0 Å². The van der Waals surface area contributed by atoms with Gasteiger partial charge >= 0.3 is 6.03 Å². The third kappa shape index (κ3) is 2.98. The number of aromatic nitrogens is 1. The van der Waals surface area contributed by atoms with Crippen LogP contribution in [-0.2, 0) is 4.74 Å². The Labute approximate surface area is 138 Å². The highest BCUT2D eigenvalue weighted by Crippen LogP contribution is 2.44. The number of nitrogens with zero attached hydrogens (tertiary/aromatic N) is 2. The van der Waals surface area contributed by atoms with Crippen LogP contribution in [0.5, 0.6) is 0 Å². The molecule has 0 unspecified atom stereocenters. The van der Waals surface area contributed by atoms with Gasteiger partial charge in [-0.05, 0) is 31.2 Å². The van der Waals surface area contributed by atoms with Crippen molar-refractivity contribution >= 4 is 23.1 Å². The second kappa shape index (κ2) is 5.98. The Morgan fingerprint density at radius 1 is 1.48 bits per heavy atom. The summed E-state index contributed by atoms with van der Waals surface area (Å²) in [6, 6.07) is 3.94. The van der Waals surface area contributed by atoms with Crippen LogP contribution in [-0.4, -0.2) is 35.8 Å². The predicted molar refractivity (Wildman–Crippen MR) is 86.8 cm³/mol. The SMILES string of the molecule is Cc1noc(C2CC2)c1NC(=O)N1CCO[C@H](c2cccs2)C1. The molecule has 0 radical (unpaired) electrons. The van der Waals surface area contributed by atoms with Crippen molar-refractivity contribution in [1.29, 1.82) is 0 Å². The molecule has 2 amide bonds. The summed E-state index contributed by atoms with van der Waals surface area (Å²) in [5, 5.41) is 9.02. The summed E-state index contributed by atoms with van der Waals surface area (Å²) in [6.45, 7) is 3.57. The van der Waals surface area contributed by atoms with E-state index in [0.717, 1.165) is 34.9 Å². The molecule has 2 aliphatic rings. The van der Waals surface area contributed by atoms with E-state index < -0.39 is 0 Å². The lowest BCUT2D eigenvalue weighted by Crippen LogP contribution is -2.44. The third-order valence-corrected chi connectivity index (χ3v) is 5.25. The maximum absolute atomic E-state index is 12.6. The summed E-state index contributed by atoms with van der Waals surface area (Å²) in [4.78, 5) is 15.6. The van der Waals surface area contributed by atoms with Crippen molar-refractivity contribution in [1.82, 2.24) is 10.1 Å². The maximum atomic E-state index is 12.6. The molecule has 7 heteroatoms. The van der Waals surface area contributed by atoms with Crippen molar-refractivity contribution in [2.24, 2.45) is 0 Å². The van der Waals surface area contributed by atoms with Crippen molar-refractivity contribution < 1.29 is 14.1 Å². The zero-order valence-electron chi connectivity index (χ0n) is 12.9. The average Bonchev–Trinajstić information content (AvgIpc) is 3.13. The molecule has 1 saturated heterocycles. The monoisotopic (exact) mass is 333 g/mol. The highest BCUT2D eigenvalue weighted by atomic mass is 32.1. The van der Waals surface area contributed by atoms with E-state index in [1.165, 1.54) is 0 Å². The normalized spacial score (nSPS) is 21.4. The number of amides is 2. The molecular weight excluding hydrogens is 314 g/mol. The summed E-state index contributed by atoms with van der Waals surface area (Å²) in [5.74, 6) is 1.23. The number of carbonyl (C=O) groups is 1. The summed E-state index contributed by atoms with van der Waals surface area (Å²) in [5.41, 5.74) is 1.49. The number of aryl methyl sites for hydroxylation is 1. The number of urea groups is 1. The van der Waals surface area contributed by atoms with Gasteiger partial charge in [0.2, 0.25) is 0 Å². The van der Waals surface area contributed by atoms with Gasteiger partial charge in [0.25, 0.3) is 0 Å². The molecule has 0 spiro atoms.